The van der Waals surface area contributed by atoms with Gasteiger partial charge in [0.15, 0.2) is 0 Å². The number of halogens is 1. The maximum absolute atomic E-state index is 13.1. The number of carbonyl (C=O) groups is 1. The SMILES string of the molecule is O=C(NCc1cn2cc(F)ccc2n1)Nc1ccccc1. The number of amides is 2. The van der Waals surface area contributed by atoms with Crippen LogP contribution in [0.2, 0.25) is 0 Å². The molecule has 2 N–H and O–H groups in total. The summed E-state index contributed by atoms with van der Waals surface area (Å²) in [5.41, 5.74) is 2.01. The Bertz CT molecular complexity index is 770. The van der Waals surface area contributed by atoms with Gasteiger partial charge >= 0.3 is 6.03 Å². The number of nitrogens with zero attached hydrogens (tertiary/aromatic N) is 2. The average Bonchev–Trinajstić information content (AvgIpc) is 2.88. The molecule has 0 saturated carbocycles. The molecule has 0 aliphatic rings. The molecule has 2 heterocycles. The van der Waals surface area contributed by atoms with Crippen molar-refractivity contribution in [2.45, 2.75) is 6.54 Å². The molecule has 2 amide bonds. The van der Waals surface area contributed by atoms with Crippen molar-refractivity contribution in [1.82, 2.24) is 14.7 Å². The Kier molecular flexibility index (Phi) is 3.51. The zero-order valence-corrected chi connectivity index (χ0v) is 11.1. The van der Waals surface area contributed by atoms with Gasteiger partial charge in [-0.1, -0.05) is 18.2 Å². The Morgan fingerprint density at radius 1 is 1.14 bits per heavy atom. The van der Waals surface area contributed by atoms with Crippen molar-refractivity contribution in [1.29, 1.82) is 0 Å². The van der Waals surface area contributed by atoms with Crippen LogP contribution in [0.4, 0.5) is 14.9 Å². The van der Waals surface area contributed by atoms with Gasteiger partial charge in [-0.25, -0.2) is 14.2 Å². The number of aromatic nitrogens is 2. The van der Waals surface area contributed by atoms with Crippen LogP contribution in [0.25, 0.3) is 5.65 Å². The molecule has 2 aromatic heterocycles. The van der Waals surface area contributed by atoms with E-state index >= 15 is 0 Å². The van der Waals surface area contributed by atoms with Gasteiger partial charge in [0.1, 0.15) is 11.5 Å². The number of urea groups is 1. The molecule has 0 bridgehead atoms. The highest BCUT2D eigenvalue weighted by atomic mass is 19.1. The predicted octanol–water partition coefficient (Wildman–Crippen LogP) is 2.80. The lowest BCUT2D eigenvalue weighted by molar-refractivity contribution is 0.251. The molecule has 0 unspecified atom stereocenters. The number of rotatable bonds is 3. The molecular formula is C15H13FN4O. The molecule has 0 aliphatic carbocycles. The maximum atomic E-state index is 13.1. The normalized spacial score (nSPS) is 10.5. The zero-order chi connectivity index (χ0) is 14.7. The summed E-state index contributed by atoms with van der Waals surface area (Å²) < 4.78 is 14.7. The third-order valence-corrected chi connectivity index (χ3v) is 2.93. The Labute approximate surface area is 120 Å². The Balaban J connectivity index is 1.62. The van der Waals surface area contributed by atoms with E-state index < -0.39 is 0 Å². The Morgan fingerprint density at radius 2 is 1.95 bits per heavy atom. The van der Waals surface area contributed by atoms with E-state index in [1.807, 2.05) is 18.2 Å². The minimum atomic E-state index is -0.332. The first-order chi connectivity index (χ1) is 10.2. The highest BCUT2D eigenvalue weighted by Gasteiger charge is 2.05. The van der Waals surface area contributed by atoms with Crippen LogP contribution < -0.4 is 10.6 Å². The van der Waals surface area contributed by atoms with E-state index in [0.29, 0.717) is 17.0 Å². The minimum Gasteiger partial charge on any atom is -0.332 e. The topological polar surface area (TPSA) is 58.4 Å². The quantitative estimate of drug-likeness (QED) is 0.777. The smallest absolute Gasteiger partial charge is 0.319 e. The summed E-state index contributed by atoms with van der Waals surface area (Å²) >= 11 is 0. The second kappa shape index (κ2) is 5.62. The molecule has 6 heteroatoms. The van der Waals surface area contributed by atoms with E-state index in [1.165, 1.54) is 12.3 Å². The number of pyridine rings is 1. The molecule has 3 aromatic rings. The molecule has 0 fully saturated rings. The number of nitrogens with one attached hydrogen (secondary N) is 2. The van der Waals surface area contributed by atoms with E-state index in [9.17, 15) is 9.18 Å². The van der Waals surface area contributed by atoms with Gasteiger partial charge in [-0.2, -0.15) is 0 Å². The lowest BCUT2D eigenvalue weighted by Crippen LogP contribution is -2.28. The van der Waals surface area contributed by atoms with Crippen LogP contribution in [-0.2, 0) is 6.54 Å². The lowest BCUT2D eigenvalue weighted by Gasteiger charge is -2.05. The number of carbonyl (C=O) groups excluding carboxylic acids is 1. The van der Waals surface area contributed by atoms with Crippen LogP contribution in [0.15, 0.2) is 54.9 Å². The summed E-state index contributed by atoms with van der Waals surface area (Å²) in [6, 6.07) is 11.8. The highest BCUT2D eigenvalue weighted by Crippen LogP contribution is 2.07. The van der Waals surface area contributed by atoms with Crippen LogP contribution in [0.1, 0.15) is 5.69 Å². The van der Waals surface area contributed by atoms with Gasteiger partial charge < -0.3 is 15.0 Å². The first-order valence-electron chi connectivity index (χ1n) is 6.44. The highest BCUT2D eigenvalue weighted by molar-refractivity contribution is 5.89. The number of imidazole rings is 1. The van der Waals surface area contributed by atoms with E-state index in [0.717, 1.165) is 0 Å². The summed E-state index contributed by atoms with van der Waals surface area (Å²) in [5, 5.41) is 5.41. The van der Waals surface area contributed by atoms with Crippen LogP contribution in [0.3, 0.4) is 0 Å². The van der Waals surface area contributed by atoms with Gasteiger partial charge in [-0.05, 0) is 24.3 Å². The summed E-state index contributed by atoms with van der Waals surface area (Å²) in [6.07, 6.45) is 3.02. The molecule has 5 nitrogen and oxygen atoms in total. The third kappa shape index (κ3) is 3.17. The number of para-hydroxylation sites is 1. The second-order valence-corrected chi connectivity index (χ2v) is 4.52. The number of hydrogen-bond donors (Lipinski definition) is 2. The average molecular weight is 284 g/mol. The number of anilines is 1. The van der Waals surface area contributed by atoms with Gasteiger partial charge in [-0.15, -0.1) is 0 Å². The Hall–Kier alpha value is -2.89. The van der Waals surface area contributed by atoms with E-state index in [1.54, 1.807) is 28.8 Å². The van der Waals surface area contributed by atoms with Gasteiger partial charge in [0.25, 0.3) is 0 Å². The molecule has 3 rings (SSSR count). The van der Waals surface area contributed by atoms with Crippen LogP contribution in [0.5, 0.6) is 0 Å². The molecule has 106 valence electrons. The van der Waals surface area contributed by atoms with Crippen molar-refractivity contribution in [3.05, 3.63) is 66.4 Å². The van der Waals surface area contributed by atoms with Crippen molar-refractivity contribution in [3.8, 4) is 0 Å². The first-order valence-corrected chi connectivity index (χ1v) is 6.44. The summed E-state index contributed by atoms with van der Waals surface area (Å²) in [4.78, 5) is 16.0. The van der Waals surface area contributed by atoms with E-state index in [-0.39, 0.29) is 18.4 Å². The fraction of sp³-hybridized carbons (Fsp3) is 0.0667. The molecular weight excluding hydrogens is 271 g/mol. The lowest BCUT2D eigenvalue weighted by atomic mass is 10.3. The Morgan fingerprint density at radius 3 is 2.76 bits per heavy atom. The molecule has 21 heavy (non-hydrogen) atoms. The van der Waals surface area contributed by atoms with Crippen LogP contribution in [-0.4, -0.2) is 15.4 Å². The van der Waals surface area contributed by atoms with E-state index in [2.05, 4.69) is 15.6 Å². The minimum absolute atomic E-state index is 0.266. The summed E-state index contributed by atoms with van der Waals surface area (Å²) in [7, 11) is 0. The largest absolute Gasteiger partial charge is 0.332 e. The van der Waals surface area contributed by atoms with Crippen LogP contribution >= 0.6 is 0 Å². The standard InChI is InChI=1S/C15H13FN4O/c16-11-6-7-14-18-13(10-20(14)9-11)8-17-15(21)19-12-4-2-1-3-5-12/h1-7,9-10H,8H2,(H2,17,19,21). The van der Waals surface area contributed by atoms with Crippen molar-refractivity contribution in [3.63, 3.8) is 0 Å². The third-order valence-electron chi connectivity index (χ3n) is 2.93. The second-order valence-electron chi connectivity index (χ2n) is 4.52. The number of benzene rings is 1. The van der Waals surface area contributed by atoms with Crippen molar-refractivity contribution in [2.24, 2.45) is 0 Å². The van der Waals surface area contributed by atoms with Crippen molar-refractivity contribution in [2.75, 3.05) is 5.32 Å². The van der Waals surface area contributed by atoms with Gasteiger partial charge in [0.2, 0.25) is 0 Å². The predicted molar refractivity (Wildman–Crippen MR) is 77.5 cm³/mol. The molecule has 0 spiro atoms. The van der Waals surface area contributed by atoms with Gasteiger partial charge in [0, 0.05) is 18.1 Å². The molecule has 1 aromatic carbocycles. The molecule has 0 aliphatic heterocycles. The fourth-order valence-corrected chi connectivity index (χ4v) is 1.97. The van der Waals surface area contributed by atoms with Crippen molar-refractivity contribution >= 4 is 17.4 Å². The number of fused-ring (bicyclic) bond motifs is 1. The summed E-state index contributed by atoms with van der Waals surface area (Å²) in [5.74, 6) is -0.332. The van der Waals surface area contributed by atoms with Crippen molar-refractivity contribution < 1.29 is 9.18 Å². The van der Waals surface area contributed by atoms with Crippen LogP contribution in [0, 0.1) is 5.82 Å². The summed E-state index contributed by atoms with van der Waals surface area (Å²) in [6.45, 7) is 0.266. The monoisotopic (exact) mass is 284 g/mol. The van der Waals surface area contributed by atoms with Gasteiger partial charge in [0.05, 0.1) is 12.2 Å². The zero-order valence-electron chi connectivity index (χ0n) is 11.1. The van der Waals surface area contributed by atoms with Gasteiger partial charge in [-0.3, -0.25) is 0 Å². The maximum Gasteiger partial charge on any atom is 0.319 e. The number of hydrogen-bond acceptors (Lipinski definition) is 2. The molecule has 0 radical (unpaired) electrons. The van der Waals surface area contributed by atoms with E-state index in [4.69, 9.17) is 0 Å². The fourth-order valence-electron chi connectivity index (χ4n) is 1.97. The molecule has 0 saturated heterocycles. The first kappa shape index (κ1) is 13.1. The molecule has 0 atom stereocenters.